The molecule has 0 aliphatic rings. The number of halogens is 1. The predicted octanol–water partition coefficient (Wildman–Crippen LogP) is 4.20. The Bertz CT molecular complexity index is 1040. The number of hydrogen-bond acceptors (Lipinski definition) is 4. The fraction of sp³-hybridized carbons (Fsp3) is 0.105. The second kappa shape index (κ2) is 6.18. The molecule has 2 aromatic heterocycles. The zero-order valence-electron chi connectivity index (χ0n) is 13.9. The topological polar surface area (TPSA) is 46.8 Å². The van der Waals surface area contributed by atoms with Gasteiger partial charge in [-0.2, -0.15) is 0 Å². The first-order chi connectivity index (χ1) is 12.1. The van der Waals surface area contributed by atoms with Crippen molar-refractivity contribution >= 4 is 28.2 Å². The average Bonchev–Trinajstić information content (AvgIpc) is 3.11. The van der Waals surface area contributed by atoms with E-state index in [-0.39, 0.29) is 0 Å². The third kappa shape index (κ3) is 2.94. The molecule has 4 rings (SSSR count). The van der Waals surface area contributed by atoms with Crippen LogP contribution >= 0.6 is 11.6 Å². The summed E-state index contributed by atoms with van der Waals surface area (Å²) >= 11 is 6.06. The van der Waals surface area contributed by atoms with E-state index in [0.717, 1.165) is 33.5 Å². The monoisotopic (exact) mass is 349 g/mol. The summed E-state index contributed by atoms with van der Waals surface area (Å²) in [6.45, 7) is 0. The summed E-state index contributed by atoms with van der Waals surface area (Å²) in [6.07, 6.45) is 3.68. The Morgan fingerprint density at radius 3 is 2.56 bits per heavy atom. The van der Waals surface area contributed by atoms with Gasteiger partial charge in [0.05, 0.1) is 17.4 Å². The zero-order chi connectivity index (χ0) is 17.4. The molecule has 5 nitrogen and oxygen atoms in total. The van der Waals surface area contributed by atoms with E-state index in [4.69, 9.17) is 11.6 Å². The van der Waals surface area contributed by atoms with Gasteiger partial charge < -0.3 is 4.90 Å². The lowest BCUT2D eigenvalue weighted by molar-refractivity contribution is 0.808. The van der Waals surface area contributed by atoms with Gasteiger partial charge >= 0.3 is 0 Å². The van der Waals surface area contributed by atoms with Crippen LogP contribution < -0.4 is 4.90 Å². The van der Waals surface area contributed by atoms with Crippen LogP contribution in [0.25, 0.3) is 27.8 Å². The first-order valence-electron chi connectivity index (χ1n) is 7.86. The van der Waals surface area contributed by atoms with E-state index in [1.165, 1.54) is 0 Å². The van der Waals surface area contributed by atoms with E-state index in [0.29, 0.717) is 5.02 Å². The van der Waals surface area contributed by atoms with E-state index in [9.17, 15) is 0 Å². The van der Waals surface area contributed by atoms with Crippen LogP contribution in [-0.2, 0) is 0 Å². The molecular formula is C19H16ClN5. The van der Waals surface area contributed by atoms with Crippen molar-refractivity contribution in [3.05, 3.63) is 65.9 Å². The third-order valence-electron chi connectivity index (χ3n) is 4.10. The van der Waals surface area contributed by atoms with E-state index in [2.05, 4.69) is 32.3 Å². The van der Waals surface area contributed by atoms with Crippen LogP contribution in [0.3, 0.4) is 0 Å². The lowest BCUT2D eigenvalue weighted by atomic mass is 10.1. The molecule has 0 saturated carbocycles. The summed E-state index contributed by atoms with van der Waals surface area (Å²) in [4.78, 5) is 6.43. The Balaban J connectivity index is 1.74. The third-order valence-corrected chi connectivity index (χ3v) is 4.34. The van der Waals surface area contributed by atoms with Gasteiger partial charge in [-0.15, -0.1) is 5.10 Å². The molecule has 2 aromatic carbocycles. The molecule has 0 atom stereocenters. The van der Waals surface area contributed by atoms with Crippen LogP contribution in [0.2, 0.25) is 5.02 Å². The first-order valence-corrected chi connectivity index (χ1v) is 8.24. The zero-order valence-corrected chi connectivity index (χ0v) is 14.6. The minimum absolute atomic E-state index is 0.664. The fourth-order valence-electron chi connectivity index (χ4n) is 2.75. The van der Waals surface area contributed by atoms with E-state index < -0.39 is 0 Å². The highest BCUT2D eigenvalue weighted by atomic mass is 35.5. The SMILES string of the molecule is CN(C)c1ccc(-c2cn(-c3ccnc4cc(Cl)ccc34)nn2)cc1. The number of pyridine rings is 1. The van der Waals surface area contributed by atoms with Crippen molar-refractivity contribution < 1.29 is 0 Å². The summed E-state index contributed by atoms with van der Waals surface area (Å²) in [6, 6.07) is 15.8. The van der Waals surface area contributed by atoms with Gasteiger partial charge in [0, 0.05) is 42.0 Å². The van der Waals surface area contributed by atoms with Gasteiger partial charge in [-0.3, -0.25) is 4.98 Å². The van der Waals surface area contributed by atoms with Gasteiger partial charge in [0.2, 0.25) is 0 Å². The molecule has 2 heterocycles. The van der Waals surface area contributed by atoms with Crippen molar-refractivity contribution in [3.63, 3.8) is 0 Å². The largest absolute Gasteiger partial charge is 0.378 e. The highest BCUT2D eigenvalue weighted by Gasteiger charge is 2.09. The summed E-state index contributed by atoms with van der Waals surface area (Å²) < 4.78 is 1.77. The fourth-order valence-corrected chi connectivity index (χ4v) is 2.92. The second-order valence-corrected chi connectivity index (χ2v) is 6.42. The lowest BCUT2D eigenvalue weighted by Gasteiger charge is -2.11. The maximum absolute atomic E-state index is 6.06. The van der Waals surface area contributed by atoms with Crippen molar-refractivity contribution in [2.45, 2.75) is 0 Å². The van der Waals surface area contributed by atoms with Crippen LogP contribution in [0, 0.1) is 0 Å². The molecule has 0 saturated heterocycles. The lowest BCUT2D eigenvalue weighted by Crippen LogP contribution is -2.07. The molecule has 0 N–H and O–H groups in total. The van der Waals surface area contributed by atoms with Crippen LogP contribution in [-0.4, -0.2) is 34.1 Å². The van der Waals surface area contributed by atoms with Crippen molar-refractivity contribution in [1.82, 2.24) is 20.0 Å². The molecule has 0 radical (unpaired) electrons. The maximum Gasteiger partial charge on any atom is 0.113 e. The predicted molar refractivity (Wildman–Crippen MR) is 101 cm³/mol. The molecule has 0 aliphatic heterocycles. The van der Waals surface area contributed by atoms with Crippen molar-refractivity contribution in [3.8, 4) is 16.9 Å². The number of nitrogens with zero attached hydrogens (tertiary/aromatic N) is 5. The molecule has 0 amide bonds. The van der Waals surface area contributed by atoms with Crippen LogP contribution in [0.15, 0.2) is 60.9 Å². The maximum atomic E-state index is 6.06. The van der Waals surface area contributed by atoms with E-state index in [1.807, 2.05) is 56.7 Å². The Labute approximate surface area is 150 Å². The van der Waals surface area contributed by atoms with Gasteiger partial charge in [-0.05, 0) is 36.4 Å². The Morgan fingerprint density at radius 2 is 1.80 bits per heavy atom. The number of hydrogen-bond donors (Lipinski definition) is 0. The molecule has 4 aromatic rings. The molecule has 6 heteroatoms. The van der Waals surface area contributed by atoms with Gasteiger partial charge in [-0.1, -0.05) is 28.9 Å². The summed E-state index contributed by atoms with van der Waals surface area (Å²) in [5.41, 5.74) is 4.75. The molecular weight excluding hydrogens is 334 g/mol. The van der Waals surface area contributed by atoms with Crippen LogP contribution in [0.4, 0.5) is 5.69 Å². The Morgan fingerprint density at radius 1 is 1.00 bits per heavy atom. The van der Waals surface area contributed by atoms with Crippen LogP contribution in [0.1, 0.15) is 0 Å². The molecule has 0 aliphatic carbocycles. The molecule has 0 bridgehead atoms. The highest BCUT2D eigenvalue weighted by Crippen LogP contribution is 2.25. The first kappa shape index (κ1) is 15.6. The minimum Gasteiger partial charge on any atom is -0.378 e. The van der Waals surface area contributed by atoms with Gasteiger partial charge in [0.1, 0.15) is 5.69 Å². The molecule has 0 spiro atoms. The quantitative estimate of drug-likeness (QED) is 0.556. The van der Waals surface area contributed by atoms with Crippen molar-refractivity contribution in [2.75, 3.05) is 19.0 Å². The number of rotatable bonds is 3. The van der Waals surface area contributed by atoms with Crippen molar-refractivity contribution in [1.29, 1.82) is 0 Å². The standard InChI is InChI=1S/C19H16ClN5/c1-24(2)15-6-3-13(4-7-15)18-12-25(23-22-18)19-9-10-21-17-11-14(20)5-8-16(17)19/h3-12H,1-2H3. The Hall–Kier alpha value is -2.92. The summed E-state index contributed by atoms with van der Waals surface area (Å²) in [5.74, 6) is 0. The number of anilines is 1. The number of aromatic nitrogens is 4. The summed E-state index contributed by atoms with van der Waals surface area (Å²) in [7, 11) is 4.04. The Kier molecular flexibility index (Phi) is 3.86. The minimum atomic E-state index is 0.664. The summed E-state index contributed by atoms with van der Waals surface area (Å²) in [5, 5.41) is 10.2. The molecule has 0 unspecified atom stereocenters. The van der Waals surface area contributed by atoms with Crippen LogP contribution in [0.5, 0.6) is 0 Å². The molecule has 124 valence electrons. The smallest absolute Gasteiger partial charge is 0.113 e. The van der Waals surface area contributed by atoms with E-state index >= 15 is 0 Å². The van der Waals surface area contributed by atoms with Gasteiger partial charge in [0.25, 0.3) is 0 Å². The second-order valence-electron chi connectivity index (χ2n) is 5.98. The number of benzene rings is 2. The van der Waals surface area contributed by atoms with Crippen molar-refractivity contribution in [2.24, 2.45) is 0 Å². The highest BCUT2D eigenvalue weighted by molar-refractivity contribution is 6.31. The number of fused-ring (bicyclic) bond motifs is 1. The molecule has 0 fully saturated rings. The van der Waals surface area contributed by atoms with Gasteiger partial charge in [-0.25, -0.2) is 4.68 Å². The normalized spacial score (nSPS) is 11.0. The average molecular weight is 350 g/mol. The van der Waals surface area contributed by atoms with E-state index in [1.54, 1.807) is 10.9 Å². The molecule has 25 heavy (non-hydrogen) atoms. The van der Waals surface area contributed by atoms with Gasteiger partial charge in [0.15, 0.2) is 0 Å².